The van der Waals surface area contributed by atoms with E-state index in [1.165, 1.54) is 0 Å². The van der Waals surface area contributed by atoms with Gasteiger partial charge in [-0.3, -0.25) is 4.79 Å². The molecule has 0 aliphatic heterocycles. The van der Waals surface area contributed by atoms with Gasteiger partial charge in [-0.1, -0.05) is 49.4 Å². The van der Waals surface area contributed by atoms with E-state index >= 15 is 0 Å². The van der Waals surface area contributed by atoms with Crippen LogP contribution in [0.2, 0.25) is 0 Å². The van der Waals surface area contributed by atoms with Crippen LogP contribution in [0.15, 0.2) is 54.6 Å². The third-order valence-electron chi connectivity index (χ3n) is 4.01. The summed E-state index contributed by atoms with van der Waals surface area (Å²) in [6.07, 6.45) is 0.781. The first-order valence-electron chi connectivity index (χ1n) is 7.83. The van der Waals surface area contributed by atoms with Crippen molar-refractivity contribution in [1.29, 1.82) is 0 Å². The van der Waals surface area contributed by atoms with E-state index in [0.717, 1.165) is 23.3 Å². The normalized spacial score (nSPS) is 12.6. The molecule has 1 amide bonds. The molecule has 2 unspecified atom stereocenters. The minimum Gasteiger partial charge on any atom is -0.497 e. The molecule has 2 atom stereocenters. The zero-order chi connectivity index (χ0) is 16.7. The Balaban J connectivity index is 0.00000288. The number of methoxy groups -OCH3 is 1. The summed E-state index contributed by atoms with van der Waals surface area (Å²) in [5, 5.41) is 2.96. The molecule has 3 N–H and O–H groups in total. The van der Waals surface area contributed by atoms with E-state index in [1.54, 1.807) is 7.11 Å². The van der Waals surface area contributed by atoms with Crippen LogP contribution in [-0.4, -0.2) is 19.6 Å². The van der Waals surface area contributed by atoms with Crippen molar-refractivity contribution >= 4 is 18.3 Å². The average Bonchev–Trinajstić information content (AvgIpc) is 2.61. The van der Waals surface area contributed by atoms with Crippen molar-refractivity contribution in [1.82, 2.24) is 5.32 Å². The maximum atomic E-state index is 12.2. The van der Waals surface area contributed by atoms with Gasteiger partial charge in [-0.25, -0.2) is 0 Å². The van der Waals surface area contributed by atoms with Crippen molar-refractivity contribution in [2.75, 3.05) is 13.7 Å². The molecule has 2 aromatic rings. The van der Waals surface area contributed by atoms with E-state index in [4.69, 9.17) is 10.5 Å². The highest BCUT2D eigenvalue weighted by molar-refractivity contribution is 5.85. The van der Waals surface area contributed by atoms with Crippen LogP contribution in [0, 0.1) is 5.92 Å². The van der Waals surface area contributed by atoms with Crippen LogP contribution in [0.1, 0.15) is 24.1 Å². The number of benzene rings is 2. The van der Waals surface area contributed by atoms with Crippen LogP contribution in [0.4, 0.5) is 0 Å². The average molecular weight is 349 g/mol. The van der Waals surface area contributed by atoms with Gasteiger partial charge < -0.3 is 15.8 Å². The first-order valence-corrected chi connectivity index (χ1v) is 7.83. The lowest BCUT2D eigenvalue weighted by atomic mass is 9.94. The van der Waals surface area contributed by atoms with Gasteiger partial charge in [0.15, 0.2) is 0 Å². The second-order valence-electron chi connectivity index (χ2n) is 5.61. The molecule has 0 bridgehead atoms. The summed E-state index contributed by atoms with van der Waals surface area (Å²) < 4.78 is 5.13. The molecule has 4 nitrogen and oxygen atoms in total. The summed E-state index contributed by atoms with van der Waals surface area (Å²) in [5.41, 5.74) is 8.32. The lowest BCUT2D eigenvalue weighted by Crippen LogP contribution is -2.36. The molecule has 130 valence electrons. The molecule has 0 spiro atoms. The predicted octanol–water partition coefficient (Wildman–Crippen LogP) is 3.11. The molecule has 2 aromatic carbocycles. The standard InChI is InChI=1S/C19H24N2O2.ClH/c1-14(18(20)16-6-4-3-5-7-16)19(22)21-13-12-15-8-10-17(23-2)11-9-15;/h3-11,14,18H,12-13,20H2,1-2H3,(H,21,22);1H. The smallest absolute Gasteiger partial charge is 0.224 e. The summed E-state index contributed by atoms with van der Waals surface area (Å²) in [4.78, 5) is 12.2. The van der Waals surface area contributed by atoms with Gasteiger partial charge in [0.1, 0.15) is 5.75 Å². The molecular formula is C19H25ClN2O2. The second kappa shape index (κ2) is 9.96. The lowest BCUT2D eigenvalue weighted by Gasteiger charge is -2.19. The van der Waals surface area contributed by atoms with Gasteiger partial charge in [0.25, 0.3) is 0 Å². The Bertz CT molecular complexity index is 617. The Morgan fingerprint density at radius 1 is 1.12 bits per heavy atom. The molecule has 0 radical (unpaired) electrons. The van der Waals surface area contributed by atoms with E-state index in [2.05, 4.69) is 5.32 Å². The fourth-order valence-electron chi connectivity index (χ4n) is 2.41. The maximum Gasteiger partial charge on any atom is 0.224 e. The molecule has 24 heavy (non-hydrogen) atoms. The van der Waals surface area contributed by atoms with Gasteiger partial charge >= 0.3 is 0 Å². The monoisotopic (exact) mass is 348 g/mol. The van der Waals surface area contributed by atoms with Crippen LogP contribution >= 0.6 is 12.4 Å². The number of hydrogen-bond acceptors (Lipinski definition) is 3. The first-order chi connectivity index (χ1) is 11.1. The minimum absolute atomic E-state index is 0. The van der Waals surface area contributed by atoms with Gasteiger partial charge in [-0.2, -0.15) is 0 Å². The van der Waals surface area contributed by atoms with E-state index in [9.17, 15) is 4.79 Å². The van der Waals surface area contributed by atoms with Crippen molar-refractivity contribution in [3.8, 4) is 5.75 Å². The number of hydrogen-bond donors (Lipinski definition) is 2. The largest absolute Gasteiger partial charge is 0.497 e. The van der Waals surface area contributed by atoms with Gasteiger partial charge in [0.2, 0.25) is 5.91 Å². The fourth-order valence-corrected chi connectivity index (χ4v) is 2.41. The highest BCUT2D eigenvalue weighted by atomic mass is 35.5. The molecule has 0 saturated heterocycles. The summed E-state index contributed by atoms with van der Waals surface area (Å²) in [6.45, 7) is 2.46. The van der Waals surface area contributed by atoms with Gasteiger partial charge in [0.05, 0.1) is 13.0 Å². The number of rotatable bonds is 7. The first kappa shape index (κ1) is 20.0. The summed E-state index contributed by atoms with van der Waals surface area (Å²) in [6, 6.07) is 17.3. The Morgan fingerprint density at radius 3 is 2.33 bits per heavy atom. The molecule has 0 aromatic heterocycles. The van der Waals surface area contributed by atoms with Crippen molar-refractivity contribution in [3.05, 3.63) is 65.7 Å². The number of carbonyl (C=O) groups is 1. The van der Waals surface area contributed by atoms with E-state index in [1.807, 2.05) is 61.5 Å². The third-order valence-corrected chi connectivity index (χ3v) is 4.01. The van der Waals surface area contributed by atoms with E-state index in [0.29, 0.717) is 6.54 Å². The highest BCUT2D eigenvalue weighted by Crippen LogP contribution is 2.19. The topological polar surface area (TPSA) is 64.3 Å². The number of nitrogens with one attached hydrogen (secondary N) is 1. The minimum atomic E-state index is -0.294. The van der Waals surface area contributed by atoms with Crippen molar-refractivity contribution in [2.45, 2.75) is 19.4 Å². The van der Waals surface area contributed by atoms with Crippen molar-refractivity contribution in [2.24, 2.45) is 11.7 Å². The molecular weight excluding hydrogens is 324 g/mol. The molecule has 2 rings (SSSR count). The fraction of sp³-hybridized carbons (Fsp3) is 0.316. The number of nitrogens with two attached hydrogens (primary N) is 1. The molecule has 0 heterocycles. The Kier molecular flexibility index (Phi) is 8.30. The third kappa shape index (κ3) is 5.55. The van der Waals surface area contributed by atoms with Crippen molar-refractivity contribution < 1.29 is 9.53 Å². The lowest BCUT2D eigenvalue weighted by molar-refractivity contribution is -0.125. The van der Waals surface area contributed by atoms with Crippen LogP contribution in [0.25, 0.3) is 0 Å². The SMILES string of the molecule is COc1ccc(CCNC(=O)C(C)C(N)c2ccccc2)cc1.Cl. The van der Waals surface area contributed by atoms with Crippen LogP contribution in [-0.2, 0) is 11.2 Å². The highest BCUT2D eigenvalue weighted by Gasteiger charge is 2.21. The predicted molar refractivity (Wildman–Crippen MR) is 99.5 cm³/mol. The number of carbonyl (C=O) groups excluding carboxylic acids is 1. The van der Waals surface area contributed by atoms with Crippen molar-refractivity contribution in [3.63, 3.8) is 0 Å². The van der Waals surface area contributed by atoms with Gasteiger partial charge in [0, 0.05) is 12.6 Å². The van der Waals surface area contributed by atoms with Crippen LogP contribution < -0.4 is 15.8 Å². The summed E-state index contributed by atoms with van der Waals surface area (Å²) in [5.74, 6) is 0.545. The number of halogens is 1. The zero-order valence-corrected chi connectivity index (χ0v) is 14.9. The molecule has 5 heteroatoms. The quantitative estimate of drug-likeness (QED) is 0.808. The molecule has 0 fully saturated rings. The van der Waals surface area contributed by atoms with Gasteiger partial charge in [-0.15, -0.1) is 12.4 Å². The summed E-state index contributed by atoms with van der Waals surface area (Å²) in [7, 11) is 1.65. The summed E-state index contributed by atoms with van der Waals surface area (Å²) >= 11 is 0. The Morgan fingerprint density at radius 2 is 1.75 bits per heavy atom. The van der Waals surface area contributed by atoms with Crippen LogP contribution in [0.3, 0.4) is 0 Å². The van der Waals surface area contributed by atoms with E-state index < -0.39 is 0 Å². The van der Waals surface area contributed by atoms with Crippen LogP contribution in [0.5, 0.6) is 5.75 Å². The Labute approximate surface area is 149 Å². The second-order valence-corrected chi connectivity index (χ2v) is 5.61. The van der Waals surface area contributed by atoms with E-state index in [-0.39, 0.29) is 30.3 Å². The number of amides is 1. The number of ether oxygens (including phenoxy) is 1. The zero-order valence-electron chi connectivity index (χ0n) is 14.1. The molecule has 0 saturated carbocycles. The molecule has 0 aliphatic carbocycles. The maximum absolute atomic E-state index is 12.2. The molecule has 0 aliphatic rings. The Hall–Kier alpha value is -2.04. The van der Waals surface area contributed by atoms with Gasteiger partial charge in [-0.05, 0) is 29.7 Å².